The Kier molecular flexibility index (Phi) is 5.50. The Labute approximate surface area is 114 Å². The number of rotatable bonds is 6. The van der Waals surface area contributed by atoms with E-state index in [4.69, 9.17) is 0 Å². The summed E-state index contributed by atoms with van der Waals surface area (Å²) in [7, 11) is 0. The lowest BCUT2D eigenvalue weighted by atomic mass is 9.77. The number of hydrogen-bond acceptors (Lipinski definition) is 2. The zero-order valence-electron chi connectivity index (χ0n) is 12.6. The molecule has 106 valence electrons. The maximum Gasteiger partial charge on any atom is 0.0136 e. The number of nitrogens with one attached hydrogen (secondary N) is 1. The average molecular weight is 252 g/mol. The monoisotopic (exact) mass is 252 g/mol. The van der Waals surface area contributed by atoms with E-state index >= 15 is 0 Å². The Balaban J connectivity index is 1.69. The predicted molar refractivity (Wildman–Crippen MR) is 78.9 cm³/mol. The topological polar surface area (TPSA) is 15.3 Å². The first-order valence-corrected chi connectivity index (χ1v) is 8.18. The molecule has 2 rings (SSSR count). The second kappa shape index (κ2) is 6.91. The van der Waals surface area contributed by atoms with Crippen LogP contribution in [0.5, 0.6) is 0 Å². The molecule has 2 fully saturated rings. The standard InChI is InChI=1S/C16H32N2/c1-4-5-14-8-10-18(11-9-14)16-7-6-15(16)12-17-13(2)3/h13-17H,4-12H2,1-3H3. The molecule has 0 aromatic carbocycles. The van der Waals surface area contributed by atoms with E-state index in [1.165, 1.54) is 58.2 Å². The van der Waals surface area contributed by atoms with Gasteiger partial charge in [-0.3, -0.25) is 0 Å². The van der Waals surface area contributed by atoms with Gasteiger partial charge in [-0.15, -0.1) is 0 Å². The van der Waals surface area contributed by atoms with E-state index in [1.807, 2.05) is 0 Å². The van der Waals surface area contributed by atoms with E-state index in [0.717, 1.165) is 17.9 Å². The first-order chi connectivity index (χ1) is 8.70. The summed E-state index contributed by atoms with van der Waals surface area (Å²) in [5, 5.41) is 3.62. The molecule has 2 aliphatic rings. The molecule has 1 aliphatic carbocycles. The summed E-state index contributed by atoms with van der Waals surface area (Å²) in [4.78, 5) is 2.79. The summed E-state index contributed by atoms with van der Waals surface area (Å²) in [5.74, 6) is 1.95. The maximum atomic E-state index is 3.62. The Morgan fingerprint density at radius 1 is 1.11 bits per heavy atom. The molecule has 0 amide bonds. The van der Waals surface area contributed by atoms with Crippen molar-refractivity contribution >= 4 is 0 Å². The molecule has 1 saturated carbocycles. The van der Waals surface area contributed by atoms with Crippen LogP contribution in [0.25, 0.3) is 0 Å². The number of piperidine rings is 1. The Morgan fingerprint density at radius 2 is 1.83 bits per heavy atom. The Morgan fingerprint density at radius 3 is 2.33 bits per heavy atom. The highest BCUT2D eigenvalue weighted by molar-refractivity contribution is 4.92. The smallest absolute Gasteiger partial charge is 0.0136 e. The van der Waals surface area contributed by atoms with Gasteiger partial charge in [-0.2, -0.15) is 0 Å². The second-order valence-corrected chi connectivity index (χ2v) is 6.74. The molecule has 1 N–H and O–H groups in total. The summed E-state index contributed by atoms with van der Waals surface area (Å²) in [6.07, 6.45) is 8.62. The van der Waals surface area contributed by atoms with E-state index in [2.05, 4.69) is 31.0 Å². The van der Waals surface area contributed by atoms with Gasteiger partial charge in [0.1, 0.15) is 0 Å². The van der Waals surface area contributed by atoms with Crippen molar-refractivity contribution in [2.24, 2.45) is 11.8 Å². The van der Waals surface area contributed by atoms with Crippen molar-refractivity contribution in [1.29, 1.82) is 0 Å². The highest BCUT2D eigenvalue weighted by atomic mass is 15.2. The molecule has 1 saturated heterocycles. The van der Waals surface area contributed by atoms with Crippen LogP contribution in [-0.4, -0.2) is 36.6 Å². The van der Waals surface area contributed by atoms with Gasteiger partial charge in [0.25, 0.3) is 0 Å². The van der Waals surface area contributed by atoms with Crippen LogP contribution in [0, 0.1) is 11.8 Å². The van der Waals surface area contributed by atoms with Crippen molar-refractivity contribution in [3.63, 3.8) is 0 Å². The molecule has 0 aromatic heterocycles. The normalized spacial score (nSPS) is 30.7. The van der Waals surface area contributed by atoms with Gasteiger partial charge in [0, 0.05) is 12.1 Å². The van der Waals surface area contributed by atoms with E-state index in [9.17, 15) is 0 Å². The number of likely N-dealkylation sites (tertiary alicyclic amines) is 1. The minimum atomic E-state index is 0.640. The molecular weight excluding hydrogens is 220 g/mol. The Hall–Kier alpha value is -0.0800. The lowest BCUT2D eigenvalue weighted by Crippen LogP contribution is -2.53. The molecule has 2 atom stereocenters. The van der Waals surface area contributed by atoms with Crippen molar-refractivity contribution in [3.8, 4) is 0 Å². The van der Waals surface area contributed by atoms with Crippen molar-refractivity contribution in [3.05, 3.63) is 0 Å². The summed E-state index contributed by atoms with van der Waals surface area (Å²) < 4.78 is 0. The molecular formula is C16H32N2. The van der Waals surface area contributed by atoms with Gasteiger partial charge >= 0.3 is 0 Å². The first kappa shape index (κ1) is 14.3. The van der Waals surface area contributed by atoms with Crippen LogP contribution in [0.2, 0.25) is 0 Å². The second-order valence-electron chi connectivity index (χ2n) is 6.74. The quantitative estimate of drug-likeness (QED) is 0.780. The van der Waals surface area contributed by atoms with Gasteiger partial charge in [-0.05, 0) is 57.2 Å². The van der Waals surface area contributed by atoms with Crippen LogP contribution in [0.4, 0.5) is 0 Å². The van der Waals surface area contributed by atoms with Gasteiger partial charge in [0.2, 0.25) is 0 Å². The zero-order chi connectivity index (χ0) is 13.0. The molecule has 0 spiro atoms. The fraction of sp³-hybridized carbons (Fsp3) is 1.00. The molecule has 2 nitrogen and oxygen atoms in total. The van der Waals surface area contributed by atoms with E-state index in [1.54, 1.807) is 0 Å². The lowest BCUT2D eigenvalue weighted by molar-refractivity contribution is 0.0325. The third-order valence-corrected chi connectivity index (χ3v) is 4.98. The molecule has 2 unspecified atom stereocenters. The van der Waals surface area contributed by atoms with Crippen LogP contribution in [-0.2, 0) is 0 Å². The highest BCUT2D eigenvalue weighted by Crippen LogP contribution is 2.34. The number of nitrogens with zero attached hydrogens (tertiary/aromatic N) is 1. The van der Waals surface area contributed by atoms with Crippen LogP contribution < -0.4 is 5.32 Å². The molecule has 0 aromatic rings. The minimum Gasteiger partial charge on any atom is -0.314 e. The lowest BCUT2D eigenvalue weighted by Gasteiger charge is -2.47. The Bertz CT molecular complexity index is 231. The minimum absolute atomic E-state index is 0.640. The first-order valence-electron chi connectivity index (χ1n) is 8.18. The summed E-state index contributed by atoms with van der Waals surface area (Å²) in [6, 6.07) is 1.54. The highest BCUT2D eigenvalue weighted by Gasteiger charge is 2.36. The summed E-state index contributed by atoms with van der Waals surface area (Å²) in [6.45, 7) is 10.8. The van der Waals surface area contributed by atoms with E-state index < -0.39 is 0 Å². The molecule has 18 heavy (non-hydrogen) atoms. The fourth-order valence-corrected chi connectivity index (χ4v) is 3.64. The van der Waals surface area contributed by atoms with Gasteiger partial charge < -0.3 is 10.2 Å². The van der Waals surface area contributed by atoms with Gasteiger partial charge in [0.15, 0.2) is 0 Å². The van der Waals surface area contributed by atoms with Crippen molar-refractivity contribution < 1.29 is 0 Å². The van der Waals surface area contributed by atoms with Crippen LogP contribution in [0.15, 0.2) is 0 Å². The van der Waals surface area contributed by atoms with Crippen LogP contribution in [0.1, 0.15) is 59.3 Å². The van der Waals surface area contributed by atoms with Gasteiger partial charge in [-0.1, -0.05) is 33.6 Å². The maximum absolute atomic E-state index is 3.62. The van der Waals surface area contributed by atoms with Crippen LogP contribution in [0.3, 0.4) is 0 Å². The fourth-order valence-electron chi connectivity index (χ4n) is 3.64. The van der Waals surface area contributed by atoms with Gasteiger partial charge in [0.05, 0.1) is 0 Å². The molecule has 0 bridgehead atoms. The predicted octanol–water partition coefficient (Wildman–Crippen LogP) is 3.28. The molecule has 1 aliphatic heterocycles. The largest absolute Gasteiger partial charge is 0.314 e. The SMILES string of the molecule is CCCC1CCN(C2CCC2CNC(C)C)CC1. The van der Waals surface area contributed by atoms with Gasteiger partial charge in [-0.25, -0.2) is 0 Å². The summed E-state index contributed by atoms with van der Waals surface area (Å²) >= 11 is 0. The van der Waals surface area contributed by atoms with Crippen molar-refractivity contribution in [2.75, 3.05) is 19.6 Å². The number of hydrogen-bond donors (Lipinski definition) is 1. The molecule has 1 heterocycles. The molecule has 0 radical (unpaired) electrons. The average Bonchev–Trinajstić information content (AvgIpc) is 2.30. The van der Waals surface area contributed by atoms with E-state index in [-0.39, 0.29) is 0 Å². The van der Waals surface area contributed by atoms with E-state index in [0.29, 0.717) is 6.04 Å². The van der Waals surface area contributed by atoms with Crippen molar-refractivity contribution in [1.82, 2.24) is 10.2 Å². The zero-order valence-corrected chi connectivity index (χ0v) is 12.6. The van der Waals surface area contributed by atoms with Crippen LogP contribution >= 0.6 is 0 Å². The third kappa shape index (κ3) is 3.71. The third-order valence-electron chi connectivity index (χ3n) is 4.98. The molecule has 2 heteroatoms. The van der Waals surface area contributed by atoms with Crippen molar-refractivity contribution in [2.45, 2.75) is 71.4 Å². The summed E-state index contributed by atoms with van der Waals surface area (Å²) in [5.41, 5.74) is 0.